The summed E-state index contributed by atoms with van der Waals surface area (Å²) < 4.78 is 0. The quantitative estimate of drug-likeness (QED) is 0.125. The summed E-state index contributed by atoms with van der Waals surface area (Å²) in [6.45, 7) is 9.17. The van der Waals surface area contributed by atoms with Gasteiger partial charge in [-0.1, -0.05) is 210 Å². The van der Waals surface area contributed by atoms with E-state index < -0.39 is 0 Å². The Morgan fingerprint density at radius 3 is 0.986 bits per heavy atom. The van der Waals surface area contributed by atoms with E-state index >= 15 is 0 Å². The molecule has 11 aromatic carbocycles. The molecule has 69 heavy (non-hydrogen) atoms. The minimum absolute atomic E-state index is 0.372. The lowest BCUT2D eigenvalue weighted by atomic mass is 9.89. The predicted molar refractivity (Wildman–Crippen MR) is 297 cm³/mol. The number of fused-ring (bicyclic) bond motifs is 2. The average Bonchev–Trinajstić information content (AvgIpc) is 3.41. The van der Waals surface area contributed by atoms with E-state index in [0.29, 0.717) is 11.8 Å². The molecule has 0 radical (unpaired) electrons. The van der Waals surface area contributed by atoms with E-state index in [2.05, 4.69) is 281 Å². The first kappa shape index (κ1) is 43.3. The first-order valence-corrected chi connectivity index (χ1v) is 24.4. The van der Waals surface area contributed by atoms with Crippen molar-refractivity contribution >= 4 is 38.6 Å². The van der Waals surface area contributed by atoms with E-state index in [1.807, 2.05) is 0 Å². The lowest BCUT2D eigenvalue weighted by Gasteiger charge is -2.26. The standard InChI is InChI=1S/C68H55N/c1-46(2)65-39-31-60(58-23-21-49-15-8-10-17-54(49)42-58)44-67(65)52-27-35-63(36-28-52)69(62-33-25-51(26-34-62)57-20-12-19-56(41-57)48-13-6-5-7-14-48)64-37-29-53(30-38-64)68-45-61(32-40-66(68)47(3)4)59-24-22-50-16-9-11-18-55(50)43-59/h5-47H,1-4H3. The van der Waals surface area contributed by atoms with Crippen molar-refractivity contribution in [2.45, 2.75) is 39.5 Å². The molecule has 0 unspecified atom stereocenters. The van der Waals surface area contributed by atoms with Gasteiger partial charge in [0.1, 0.15) is 0 Å². The fourth-order valence-electron chi connectivity index (χ4n) is 10.1. The third-order valence-corrected chi connectivity index (χ3v) is 13.8. The van der Waals surface area contributed by atoms with Crippen LogP contribution in [0.2, 0.25) is 0 Å². The fraction of sp³-hybridized carbons (Fsp3) is 0.0882. The SMILES string of the molecule is CC(C)c1ccc(-c2ccc3ccccc3c2)cc1-c1ccc(N(c2ccc(-c3cccc(-c4ccccc4)c3)cc2)c2ccc(-c3cc(-c4ccc5ccccc5c4)ccc3C(C)C)cc2)cc1. The van der Waals surface area contributed by atoms with Crippen molar-refractivity contribution in [2.75, 3.05) is 4.90 Å². The van der Waals surface area contributed by atoms with Crippen LogP contribution in [0.3, 0.4) is 0 Å². The summed E-state index contributed by atoms with van der Waals surface area (Å²) >= 11 is 0. The normalized spacial score (nSPS) is 11.4. The molecule has 0 saturated heterocycles. The summed E-state index contributed by atoms with van der Waals surface area (Å²) in [5.41, 5.74) is 20.7. The number of anilines is 3. The van der Waals surface area contributed by atoms with Crippen molar-refractivity contribution in [1.82, 2.24) is 0 Å². The van der Waals surface area contributed by atoms with Crippen LogP contribution in [-0.4, -0.2) is 0 Å². The molecule has 0 heterocycles. The van der Waals surface area contributed by atoms with Crippen LogP contribution < -0.4 is 4.90 Å². The zero-order valence-electron chi connectivity index (χ0n) is 39.8. The van der Waals surface area contributed by atoms with Gasteiger partial charge in [0, 0.05) is 17.1 Å². The van der Waals surface area contributed by atoms with Crippen molar-refractivity contribution in [1.29, 1.82) is 0 Å². The Balaban J connectivity index is 0.974. The number of rotatable bonds is 11. The molecule has 0 N–H and O–H groups in total. The van der Waals surface area contributed by atoms with Crippen LogP contribution in [0.25, 0.3) is 88.3 Å². The van der Waals surface area contributed by atoms with Crippen LogP contribution in [0, 0.1) is 0 Å². The van der Waals surface area contributed by atoms with E-state index in [-0.39, 0.29) is 0 Å². The maximum absolute atomic E-state index is 2.39. The zero-order valence-corrected chi connectivity index (χ0v) is 39.8. The minimum Gasteiger partial charge on any atom is -0.311 e. The average molecular weight is 886 g/mol. The molecule has 0 aliphatic heterocycles. The topological polar surface area (TPSA) is 3.24 Å². The maximum atomic E-state index is 2.39. The largest absolute Gasteiger partial charge is 0.311 e. The smallest absolute Gasteiger partial charge is 0.0462 e. The molecule has 1 nitrogen and oxygen atoms in total. The summed E-state index contributed by atoms with van der Waals surface area (Å²) in [6, 6.07) is 91.7. The van der Waals surface area contributed by atoms with Gasteiger partial charge in [-0.3, -0.25) is 0 Å². The number of hydrogen-bond acceptors (Lipinski definition) is 1. The molecule has 0 spiro atoms. The van der Waals surface area contributed by atoms with Gasteiger partial charge in [0.2, 0.25) is 0 Å². The van der Waals surface area contributed by atoms with Crippen molar-refractivity contribution in [2.24, 2.45) is 0 Å². The monoisotopic (exact) mass is 885 g/mol. The van der Waals surface area contributed by atoms with E-state index in [9.17, 15) is 0 Å². The van der Waals surface area contributed by atoms with Crippen LogP contribution in [0.15, 0.2) is 249 Å². The van der Waals surface area contributed by atoms with Gasteiger partial charge in [-0.05, 0) is 178 Å². The molecule has 0 fully saturated rings. The Bertz CT molecular complexity index is 3400. The zero-order chi connectivity index (χ0) is 46.8. The Hall–Kier alpha value is -8.26. The van der Waals surface area contributed by atoms with Gasteiger partial charge in [0.15, 0.2) is 0 Å². The van der Waals surface area contributed by atoms with Gasteiger partial charge in [-0.25, -0.2) is 0 Å². The molecule has 11 rings (SSSR count). The second kappa shape index (κ2) is 18.8. The molecule has 0 aromatic heterocycles. The minimum atomic E-state index is 0.372. The van der Waals surface area contributed by atoms with Gasteiger partial charge in [-0.15, -0.1) is 0 Å². The number of benzene rings is 11. The van der Waals surface area contributed by atoms with Crippen molar-refractivity contribution in [3.8, 4) is 66.8 Å². The fourth-order valence-corrected chi connectivity index (χ4v) is 10.1. The molecule has 0 aliphatic carbocycles. The second-order valence-electron chi connectivity index (χ2n) is 19.0. The van der Waals surface area contributed by atoms with Crippen molar-refractivity contribution in [3.63, 3.8) is 0 Å². The highest BCUT2D eigenvalue weighted by Gasteiger charge is 2.18. The first-order valence-electron chi connectivity index (χ1n) is 24.4. The number of nitrogens with zero attached hydrogens (tertiary/aromatic N) is 1. The van der Waals surface area contributed by atoms with Crippen LogP contribution in [0.4, 0.5) is 17.1 Å². The lowest BCUT2D eigenvalue weighted by molar-refractivity contribution is 0.869. The molecule has 332 valence electrons. The van der Waals surface area contributed by atoms with E-state index in [1.54, 1.807) is 0 Å². The Kier molecular flexibility index (Phi) is 11.8. The molecule has 0 amide bonds. The van der Waals surface area contributed by atoms with E-state index in [0.717, 1.165) is 17.1 Å². The highest BCUT2D eigenvalue weighted by molar-refractivity contribution is 5.90. The highest BCUT2D eigenvalue weighted by Crippen LogP contribution is 2.42. The molecule has 11 aromatic rings. The second-order valence-corrected chi connectivity index (χ2v) is 19.0. The van der Waals surface area contributed by atoms with Gasteiger partial charge in [0.25, 0.3) is 0 Å². The lowest BCUT2D eigenvalue weighted by Crippen LogP contribution is -2.10. The molecule has 0 aliphatic rings. The summed E-state index contributed by atoms with van der Waals surface area (Å²) in [7, 11) is 0. The molecule has 0 saturated carbocycles. The summed E-state index contributed by atoms with van der Waals surface area (Å²) in [6.07, 6.45) is 0. The Morgan fingerprint density at radius 2 is 0.551 bits per heavy atom. The molecule has 1 heteroatoms. The predicted octanol–water partition coefficient (Wildman–Crippen LogP) is 19.7. The first-order chi connectivity index (χ1) is 33.8. The molecular formula is C68H55N. The Labute approximate surface area is 407 Å². The van der Waals surface area contributed by atoms with Crippen molar-refractivity contribution < 1.29 is 0 Å². The van der Waals surface area contributed by atoms with E-state index in [1.165, 1.54) is 99.4 Å². The van der Waals surface area contributed by atoms with Gasteiger partial charge in [0.05, 0.1) is 0 Å². The summed E-state index contributed by atoms with van der Waals surface area (Å²) in [5, 5.41) is 5.03. The van der Waals surface area contributed by atoms with Gasteiger partial charge in [-0.2, -0.15) is 0 Å². The van der Waals surface area contributed by atoms with Crippen LogP contribution in [0.5, 0.6) is 0 Å². The summed E-state index contributed by atoms with van der Waals surface area (Å²) in [5.74, 6) is 0.744. The highest BCUT2D eigenvalue weighted by atomic mass is 15.1. The van der Waals surface area contributed by atoms with Gasteiger partial charge >= 0.3 is 0 Å². The summed E-state index contributed by atoms with van der Waals surface area (Å²) in [4.78, 5) is 2.39. The molecular weight excluding hydrogens is 831 g/mol. The van der Waals surface area contributed by atoms with Crippen LogP contribution in [-0.2, 0) is 0 Å². The third kappa shape index (κ3) is 8.88. The van der Waals surface area contributed by atoms with Crippen molar-refractivity contribution in [3.05, 3.63) is 260 Å². The van der Waals surface area contributed by atoms with Crippen LogP contribution >= 0.6 is 0 Å². The van der Waals surface area contributed by atoms with E-state index in [4.69, 9.17) is 0 Å². The maximum Gasteiger partial charge on any atom is 0.0462 e. The molecule has 0 bridgehead atoms. The Morgan fingerprint density at radius 1 is 0.232 bits per heavy atom. The van der Waals surface area contributed by atoms with Crippen LogP contribution in [0.1, 0.15) is 50.7 Å². The molecule has 0 atom stereocenters. The number of hydrogen-bond donors (Lipinski definition) is 0. The van der Waals surface area contributed by atoms with Gasteiger partial charge < -0.3 is 4.90 Å². The third-order valence-electron chi connectivity index (χ3n) is 13.8.